The van der Waals surface area contributed by atoms with Gasteiger partial charge in [0, 0.05) is 0 Å². The van der Waals surface area contributed by atoms with Crippen LogP contribution in [0.15, 0.2) is 24.6 Å². The van der Waals surface area contributed by atoms with Gasteiger partial charge in [0.05, 0.1) is 26.5 Å². The Morgan fingerprint density at radius 3 is 1.50 bits per heavy atom. The van der Waals surface area contributed by atoms with Crippen molar-refractivity contribution in [1.29, 1.82) is 0 Å². The fourth-order valence-electron chi connectivity index (χ4n) is 1.08. The normalized spacial score (nSPS) is 12.3. The highest BCUT2D eigenvalue weighted by Crippen LogP contribution is 2.03. The largest absolute Gasteiger partial charge is 1.00 e. The van der Waals surface area contributed by atoms with Crippen molar-refractivity contribution in [3.05, 3.63) is 24.6 Å². The third-order valence-corrected chi connectivity index (χ3v) is 1.89. The molecule has 0 aromatic rings. The van der Waals surface area contributed by atoms with Gasteiger partial charge in [0.25, 0.3) is 0 Å². The molecule has 0 heterocycles. The predicted octanol–water partition coefficient (Wildman–Crippen LogP) is 0.694. The first-order valence-corrected chi connectivity index (χ1v) is 5.31. The lowest BCUT2D eigenvalue weighted by molar-refractivity contribution is -0.784. The molecule has 0 saturated heterocycles. The van der Waals surface area contributed by atoms with Crippen LogP contribution < -0.4 is 12.4 Å². The number of halogens is 1. The van der Waals surface area contributed by atoms with Crippen molar-refractivity contribution >= 4 is 0 Å². The predicted molar refractivity (Wildman–Crippen MR) is 60.2 cm³/mol. The van der Waals surface area contributed by atoms with Gasteiger partial charge in [-0.25, -0.2) is 0 Å². The van der Waals surface area contributed by atoms with Crippen LogP contribution in [0.3, 0.4) is 0 Å². The molecule has 2 heteroatoms. The van der Waals surface area contributed by atoms with E-state index in [1.165, 1.54) is 25.7 Å². The summed E-state index contributed by atoms with van der Waals surface area (Å²) in [6.07, 6.45) is 13.8. The lowest BCUT2D eigenvalue weighted by Gasteiger charge is -2.18. The Bertz CT molecular complexity index is 153. The molecule has 0 spiro atoms. The maximum absolute atomic E-state index is 2.26. The molecule has 0 aliphatic rings. The molecule has 0 aromatic carbocycles. The summed E-state index contributed by atoms with van der Waals surface area (Å²) in [5.41, 5.74) is 0. The molecule has 0 rings (SSSR count). The average molecular weight is 218 g/mol. The van der Waals surface area contributed by atoms with E-state index in [0.717, 1.165) is 4.48 Å². The molecule has 0 saturated carbocycles. The van der Waals surface area contributed by atoms with Crippen molar-refractivity contribution in [2.24, 2.45) is 0 Å². The third kappa shape index (κ3) is 9.82. The highest BCUT2D eigenvalue weighted by atomic mass is 35.5. The first kappa shape index (κ1) is 16.2. The maximum Gasteiger partial charge on any atom is 0.0959 e. The van der Waals surface area contributed by atoms with E-state index in [-0.39, 0.29) is 12.4 Å². The summed E-state index contributed by atoms with van der Waals surface area (Å²) in [4.78, 5) is 0. The molecule has 0 radical (unpaired) electrons. The van der Waals surface area contributed by atoms with Crippen molar-refractivity contribution in [2.45, 2.75) is 39.5 Å². The zero-order valence-corrected chi connectivity index (χ0v) is 10.7. The molecular formula is C12H24ClN. The van der Waals surface area contributed by atoms with Crippen LogP contribution in [0.25, 0.3) is 0 Å². The number of nitrogens with zero attached hydrogens (tertiary/aromatic N) is 1. The Balaban J connectivity index is 0. The molecule has 1 nitrogen and oxygen atoms in total. The second kappa shape index (κ2) is 9.29. The summed E-state index contributed by atoms with van der Waals surface area (Å²) >= 11 is 0. The van der Waals surface area contributed by atoms with Gasteiger partial charge < -0.3 is 12.4 Å². The number of quaternary nitrogens is 1. The highest BCUT2D eigenvalue weighted by molar-refractivity contribution is 4.80. The molecule has 0 N–H and O–H groups in total. The van der Waals surface area contributed by atoms with Crippen molar-refractivity contribution in [2.75, 3.05) is 14.1 Å². The topological polar surface area (TPSA) is 0 Å². The fourth-order valence-corrected chi connectivity index (χ4v) is 1.08. The molecule has 84 valence electrons. The van der Waals surface area contributed by atoms with E-state index < -0.39 is 0 Å². The van der Waals surface area contributed by atoms with Crippen LogP contribution in [0.4, 0.5) is 0 Å². The van der Waals surface area contributed by atoms with Gasteiger partial charge in [-0.1, -0.05) is 26.7 Å². The van der Waals surface area contributed by atoms with Crippen LogP contribution in [-0.2, 0) is 0 Å². The van der Waals surface area contributed by atoms with Gasteiger partial charge in [-0.05, 0) is 25.0 Å². The Labute approximate surface area is 95.5 Å². The number of hydrogen-bond donors (Lipinski definition) is 0. The number of allylic oxidation sites excluding steroid dienone is 2. The Morgan fingerprint density at radius 2 is 1.21 bits per heavy atom. The molecule has 0 aliphatic carbocycles. The van der Waals surface area contributed by atoms with Gasteiger partial charge in [0.1, 0.15) is 0 Å². The summed E-state index contributed by atoms with van der Waals surface area (Å²) in [6, 6.07) is 0. The summed E-state index contributed by atoms with van der Waals surface area (Å²) < 4.78 is 0.861. The van der Waals surface area contributed by atoms with Crippen molar-refractivity contribution < 1.29 is 16.9 Å². The lowest BCUT2D eigenvalue weighted by Crippen LogP contribution is -3.00. The Hall–Kier alpha value is -0.270. The van der Waals surface area contributed by atoms with Gasteiger partial charge in [-0.2, -0.15) is 0 Å². The van der Waals surface area contributed by atoms with Crippen LogP contribution >= 0.6 is 0 Å². The molecule has 0 aromatic heterocycles. The van der Waals surface area contributed by atoms with Gasteiger partial charge >= 0.3 is 0 Å². The molecule has 0 unspecified atom stereocenters. The van der Waals surface area contributed by atoms with E-state index in [4.69, 9.17) is 0 Å². The Kier molecular flexibility index (Phi) is 10.7. The van der Waals surface area contributed by atoms with E-state index in [9.17, 15) is 0 Å². The fraction of sp³-hybridized carbons (Fsp3) is 0.667. The monoisotopic (exact) mass is 217 g/mol. The van der Waals surface area contributed by atoms with Gasteiger partial charge in [-0.3, -0.25) is 4.48 Å². The van der Waals surface area contributed by atoms with E-state index >= 15 is 0 Å². The van der Waals surface area contributed by atoms with Crippen molar-refractivity contribution in [3.8, 4) is 0 Å². The average Bonchev–Trinajstić information content (AvgIpc) is 2.05. The minimum absolute atomic E-state index is 0. The molecule has 14 heavy (non-hydrogen) atoms. The second-order valence-electron chi connectivity index (χ2n) is 3.98. The van der Waals surface area contributed by atoms with Crippen molar-refractivity contribution in [3.63, 3.8) is 0 Å². The van der Waals surface area contributed by atoms with Crippen LogP contribution in [0.2, 0.25) is 0 Å². The van der Waals surface area contributed by atoms with E-state index in [2.05, 4.69) is 52.5 Å². The summed E-state index contributed by atoms with van der Waals surface area (Å²) in [6.45, 7) is 4.41. The van der Waals surface area contributed by atoms with Crippen LogP contribution in [0.5, 0.6) is 0 Å². The first-order chi connectivity index (χ1) is 6.12. The minimum atomic E-state index is 0. The van der Waals surface area contributed by atoms with Gasteiger partial charge in [-0.15, -0.1) is 0 Å². The first-order valence-electron chi connectivity index (χ1n) is 5.31. The van der Waals surface area contributed by atoms with Crippen molar-refractivity contribution in [1.82, 2.24) is 0 Å². The number of hydrogen-bond acceptors (Lipinski definition) is 0. The molecule has 0 amide bonds. The zero-order valence-electron chi connectivity index (χ0n) is 9.96. The Morgan fingerprint density at radius 1 is 0.857 bits per heavy atom. The standard InChI is InChI=1S/C12H24N.ClH/c1-5-7-9-11-13(3,4)12-10-8-6-2;/h9-12H,5-8H2,1-4H3;1H/q+1;/p-1. The quantitative estimate of drug-likeness (QED) is 0.575. The molecule has 0 atom stereocenters. The van der Waals surface area contributed by atoms with Crippen LogP contribution in [-0.4, -0.2) is 18.6 Å². The van der Waals surface area contributed by atoms with E-state index in [1.807, 2.05) is 0 Å². The van der Waals surface area contributed by atoms with E-state index in [0.29, 0.717) is 0 Å². The molecule has 0 bridgehead atoms. The van der Waals surface area contributed by atoms with Gasteiger partial charge in [0.2, 0.25) is 0 Å². The van der Waals surface area contributed by atoms with E-state index in [1.54, 1.807) is 0 Å². The van der Waals surface area contributed by atoms with Crippen LogP contribution in [0, 0.1) is 0 Å². The molecule has 0 aliphatic heterocycles. The van der Waals surface area contributed by atoms with Crippen LogP contribution in [0.1, 0.15) is 39.5 Å². The summed E-state index contributed by atoms with van der Waals surface area (Å²) in [5.74, 6) is 0. The zero-order chi connectivity index (χ0) is 10.2. The summed E-state index contributed by atoms with van der Waals surface area (Å²) in [5, 5.41) is 0. The SMILES string of the molecule is CCCC=C[N+](C)(C)C=CCCC.[Cl-]. The molecular weight excluding hydrogens is 194 g/mol. The third-order valence-electron chi connectivity index (χ3n) is 1.89. The smallest absolute Gasteiger partial charge is 0.0959 e. The lowest BCUT2D eigenvalue weighted by atomic mass is 10.3. The maximum atomic E-state index is 2.26. The molecule has 0 fully saturated rings. The van der Waals surface area contributed by atoms with Gasteiger partial charge in [0.15, 0.2) is 0 Å². The number of unbranched alkanes of at least 4 members (excludes halogenated alkanes) is 2. The summed E-state index contributed by atoms with van der Waals surface area (Å²) in [7, 11) is 4.39. The highest BCUT2D eigenvalue weighted by Gasteiger charge is 2.03. The number of rotatable bonds is 6. The second-order valence-corrected chi connectivity index (χ2v) is 3.98. The minimum Gasteiger partial charge on any atom is -1.00 e.